The van der Waals surface area contributed by atoms with Gasteiger partial charge in [-0.15, -0.1) is 0 Å². The number of esters is 1. The average Bonchev–Trinajstić information content (AvgIpc) is 3.28. The van der Waals surface area contributed by atoms with Crippen molar-refractivity contribution in [2.75, 3.05) is 7.05 Å². The molecule has 6 rings (SSSR count). The van der Waals surface area contributed by atoms with E-state index in [1.807, 2.05) is 30.1 Å². The van der Waals surface area contributed by atoms with Gasteiger partial charge in [0.15, 0.2) is 5.78 Å². The molecule has 1 amide bonds. The molecule has 5 aliphatic rings. The Kier molecular flexibility index (Phi) is 7.81. The van der Waals surface area contributed by atoms with Crippen LogP contribution in [0.3, 0.4) is 0 Å². The molecule has 0 bridgehead atoms. The predicted molar refractivity (Wildman–Crippen MR) is 178 cm³/mol. The number of allylic oxidation sites excluding steroid dienone is 1. The van der Waals surface area contributed by atoms with Crippen molar-refractivity contribution >= 4 is 17.7 Å². The van der Waals surface area contributed by atoms with Crippen LogP contribution >= 0.6 is 0 Å². The number of nitrogens with zero attached hydrogens (tertiary/aromatic N) is 1. The Hall–Kier alpha value is -2.43. The Morgan fingerprint density at radius 3 is 2.22 bits per heavy atom. The highest BCUT2D eigenvalue weighted by atomic mass is 16.5. The zero-order valence-corrected chi connectivity index (χ0v) is 29.4. The fraction of sp³-hybridized carbons (Fsp3) is 0.725. The molecule has 0 spiro atoms. The minimum absolute atomic E-state index is 0.0165. The van der Waals surface area contributed by atoms with Crippen LogP contribution in [0, 0.1) is 50.7 Å². The molecule has 0 aliphatic heterocycles. The number of hydrogen-bond donors (Lipinski definition) is 0. The first-order chi connectivity index (χ1) is 21.0. The monoisotopic (exact) mass is 615 g/mol. The number of benzene rings is 1. The van der Waals surface area contributed by atoms with Crippen molar-refractivity contribution in [2.24, 2.45) is 50.7 Å². The second kappa shape index (κ2) is 10.8. The molecule has 4 saturated carbocycles. The molecule has 0 saturated heterocycles. The van der Waals surface area contributed by atoms with Gasteiger partial charge in [-0.25, -0.2) is 0 Å². The van der Waals surface area contributed by atoms with Gasteiger partial charge in [-0.3, -0.25) is 14.4 Å². The molecular formula is C40H57NO4. The molecule has 0 radical (unpaired) electrons. The van der Waals surface area contributed by atoms with E-state index in [2.05, 4.69) is 60.6 Å². The van der Waals surface area contributed by atoms with E-state index in [0.29, 0.717) is 24.8 Å². The van der Waals surface area contributed by atoms with E-state index in [-0.39, 0.29) is 57.3 Å². The summed E-state index contributed by atoms with van der Waals surface area (Å²) in [5.74, 6) is 1.60. The largest absolute Gasteiger partial charge is 0.462 e. The van der Waals surface area contributed by atoms with Gasteiger partial charge < -0.3 is 9.64 Å². The van der Waals surface area contributed by atoms with Crippen LogP contribution in [0.4, 0.5) is 0 Å². The van der Waals surface area contributed by atoms with E-state index in [1.165, 1.54) is 5.57 Å². The summed E-state index contributed by atoms with van der Waals surface area (Å²) >= 11 is 0. The third-order valence-corrected chi connectivity index (χ3v) is 14.7. The number of carbonyl (C=O) groups is 3. The van der Waals surface area contributed by atoms with E-state index in [4.69, 9.17) is 4.74 Å². The summed E-state index contributed by atoms with van der Waals surface area (Å²) in [6.45, 7) is 18.8. The Morgan fingerprint density at radius 1 is 0.889 bits per heavy atom. The lowest BCUT2D eigenvalue weighted by atomic mass is 9.33. The molecule has 45 heavy (non-hydrogen) atoms. The maximum atomic E-state index is 14.7. The van der Waals surface area contributed by atoms with Gasteiger partial charge >= 0.3 is 5.97 Å². The van der Waals surface area contributed by atoms with Crippen LogP contribution in [0.2, 0.25) is 0 Å². The number of fused-ring (bicyclic) bond motifs is 7. The second-order valence-electron chi connectivity index (χ2n) is 17.4. The average molecular weight is 616 g/mol. The van der Waals surface area contributed by atoms with Gasteiger partial charge in [0.05, 0.1) is 5.41 Å². The maximum Gasteiger partial charge on any atom is 0.302 e. The lowest BCUT2D eigenvalue weighted by Gasteiger charge is -2.72. The first-order valence-corrected chi connectivity index (χ1v) is 17.8. The smallest absolute Gasteiger partial charge is 0.302 e. The molecule has 1 aromatic rings. The molecule has 0 N–H and O–H groups in total. The maximum absolute atomic E-state index is 14.7. The van der Waals surface area contributed by atoms with Gasteiger partial charge in [-0.1, -0.05) is 78.8 Å². The fourth-order valence-electron chi connectivity index (χ4n) is 12.6. The van der Waals surface area contributed by atoms with Crippen LogP contribution in [0.1, 0.15) is 119 Å². The third kappa shape index (κ3) is 4.55. The molecule has 5 aliphatic carbocycles. The minimum atomic E-state index is -0.710. The number of hydrogen-bond acceptors (Lipinski definition) is 4. The van der Waals surface area contributed by atoms with Crippen LogP contribution in [-0.4, -0.2) is 35.7 Å². The Morgan fingerprint density at radius 2 is 1.58 bits per heavy atom. The van der Waals surface area contributed by atoms with Crippen LogP contribution in [0.25, 0.3) is 0 Å². The first kappa shape index (κ1) is 32.5. The quantitative estimate of drug-likeness (QED) is 0.311. The van der Waals surface area contributed by atoms with E-state index >= 15 is 0 Å². The summed E-state index contributed by atoms with van der Waals surface area (Å²) in [4.78, 5) is 42.6. The summed E-state index contributed by atoms with van der Waals surface area (Å²) < 4.78 is 5.94. The van der Waals surface area contributed by atoms with Crippen molar-refractivity contribution < 1.29 is 19.1 Å². The molecule has 5 nitrogen and oxygen atoms in total. The highest BCUT2D eigenvalue weighted by Crippen LogP contribution is 2.76. The van der Waals surface area contributed by atoms with E-state index < -0.39 is 5.41 Å². The van der Waals surface area contributed by atoms with E-state index in [9.17, 15) is 14.4 Å². The van der Waals surface area contributed by atoms with Crippen molar-refractivity contribution in [1.82, 2.24) is 4.90 Å². The fourth-order valence-corrected chi connectivity index (χ4v) is 12.6. The van der Waals surface area contributed by atoms with E-state index in [0.717, 1.165) is 62.5 Å². The van der Waals surface area contributed by atoms with Gasteiger partial charge in [0, 0.05) is 32.4 Å². The molecule has 5 heteroatoms. The molecule has 8 atom stereocenters. The van der Waals surface area contributed by atoms with Crippen LogP contribution in [-0.2, 0) is 25.7 Å². The number of ether oxygens (including phenoxy) is 1. The Labute approximate surface area is 271 Å². The number of amides is 1. The number of Topliss-reactive ketones (excluding diaryl/α,β-unsaturated/α-hetero) is 1. The highest BCUT2D eigenvalue weighted by Gasteiger charge is 2.71. The van der Waals surface area contributed by atoms with Crippen molar-refractivity contribution in [2.45, 2.75) is 126 Å². The standard InChI is InChI=1S/C40H57NO4/c1-25(2)33-29(43)23-40(35(44)41(9)24-27-13-11-10-12-14-27)22-21-38(7)28(34(33)40)15-16-31-37(6)19-18-32(45-26(3)42)36(4,5)30(37)17-20-39(31,38)8/h10-14,25,28,30-32H,15-24H2,1-9H3/t28-,30?,31?,32+,37+,38-,39-,40-/m1/s1. The molecule has 4 fully saturated rings. The van der Waals surface area contributed by atoms with Gasteiger partial charge in [0.25, 0.3) is 0 Å². The van der Waals surface area contributed by atoms with Crippen molar-refractivity contribution in [1.29, 1.82) is 0 Å². The summed E-state index contributed by atoms with van der Waals surface area (Å²) in [6, 6.07) is 10.2. The SMILES string of the molecule is CC(=O)O[C@H]1CC[C@@]2(C)C(CC[C@]3(C)C2CC[C@@H]2C4=C(C(C)C)C(=O)C[C@]4(C(=O)N(C)Cc4ccccc4)CC[C@]23C)C1(C)C. The lowest BCUT2D eigenvalue weighted by Crippen LogP contribution is -2.66. The molecule has 0 heterocycles. The zero-order valence-electron chi connectivity index (χ0n) is 29.4. The molecule has 246 valence electrons. The Balaban J connectivity index is 1.37. The molecular weight excluding hydrogens is 558 g/mol. The topological polar surface area (TPSA) is 63.7 Å². The van der Waals surface area contributed by atoms with Crippen molar-refractivity contribution in [3.05, 3.63) is 47.0 Å². The van der Waals surface area contributed by atoms with Gasteiger partial charge in [0.1, 0.15) is 6.10 Å². The molecule has 1 aromatic carbocycles. The molecule has 0 aromatic heterocycles. The number of rotatable bonds is 5. The van der Waals surface area contributed by atoms with Gasteiger partial charge in [0.2, 0.25) is 5.91 Å². The van der Waals surface area contributed by atoms with Gasteiger partial charge in [-0.2, -0.15) is 0 Å². The summed E-state index contributed by atoms with van der Waals surface area (Å²) in [7, 11) is 1.93. The summed E-state index contributed by atoms with van der Waals surface area (Å²) in [6.07, 6.45) is 8.53. The summed E-state index contributed by atoms with van der Waals surface area (Å²) in [5, 5.41) is 0. The lowest BCUT2D eigenvalue weighted by molar-refractivity contribution is -0.232. The first-order valence-electron chi connectivity index (χ1n) is 17.8. The van der Waals surface area contributed by atoms with Crippen molar-refractivity contribution in [3.8, 4) is 0 Å². The summed E-state index contributed by atoms with van der Waals surface area (Å²) in [5.41, 5.74) is 2.83. The number of carbonyl (C=O) groups excluding carboxylic acids is 3. The number of ketones is 1. The highest BCUT2D eigenvalue weighted by molar-refractivity contribution is 6.06. The van der Waals surface area contributed by atoms with Crippen molar-refractivity contribution in [3.63, 3.8) is 0 Å². The Bertz CT molecular complexity index is 1410. The predicted octanol–water partition coefficient (Wildman–Crippen LogP) is 8.56. The normalized spacial score (nSPS) is 40.3. The zero-order chi connectivity index (χ0) is 32.7. The van der Waals surface area contributed by atoms with E-state index in [1.54, 1.807) is 6.92 Å². The second-order valence-corrected chi connectivity index (χ2v) is 17.4. The van der Waals surface area contributed by atoms with Gasteiger partial charge in [-0.05, 0) is 108 Å². The minimum Gasteiger partial charge on any atom is -0.462 e. The van der Waals surface area contributed by atoms with Crippen LogP contribution in [0.15, 0.2) is 41.5 Å². The molecule has 2 unspecified atom stereocenters. The third-order valence-electron chi connectivity index (χ3n) is 14.7. The van der Waals surface area contributed by atoms with Crippen LogP contribution < -0.4 is 0 Å². The van der Waals surface area contributed by atoms with Crippen LogP contribution in [0.5, 0.6) is 0 Å².